The van der Waals surface area contributed by atoms with Crippen LogP contribution in [0.5, 0.6) is 11.5 Å². The second kappa shape index (κ2) is 10.8. The summed E-state index contributed by atoms with van der Waals surface area (Å²) in [6.45, 7) is 2.59. The highest BCUT2D eigenvalue weighted by Gasteiger charge is 2.17. The lowest BCUT2D eigenvalue weighted by Crippen LogP contribution is -2.35. The van der Waals surface area contributed by atoms with Crippen LogP contribution in [0.25, 0.3) is 6.08 Å². The Morgan fingerprint density at radius 1 is 1.00 bits per heavy atom. The molecule has 2 rings (SSSR count). The van der Waals surface area contributed by atoms with Gasteiger partial charge in [0.25, 0.3) is 11.8 Å². The molecule has 2 N–H and O–H groups in total. The Hall–Kier alpha value is -3.28. The summed E-state index contributed by atoms with van der Waals surface area (Å²) in [5.41, 5.74) is 1.28. The van der Waals surface area contributed by atoms with Gasteiger partial charge in [-0.2, -0.15) is 0 Å². The molecule has 0 saturated carbocycles. The van der Waals surface area contributed by atoms with Crippen molar-refractivity contribution < 1.29 is 19.1 Å². The predicted octanol–water partition coefficient (Wildman–Crippen LogP) is 3.39. The van der Waals surface area contributed by atoms with Crippen LogP contribution < -0.4 is 20.1 Å². The first-order valence-electron chi connectivity index (χ1n) is 9.17. The fourth-order valence-corrected chi connectivity index (χ4v) is 2.52. The molecule has 0 atom stereocenters. The molecule has 0 radical (unpaired) electrons. The van der Waals surface area contributed by atoms with Crippen LogP contribution in [0.15, 0.2) is 54.2 Å². The molecule has 0 unspecified atom stereocenters. The van der Waals surface area contributed by atoms with E-state index in [0.29, 0.717) is 23.6 Å². The molecule has 28 heavy (non-hydrogen) atoms. The Kier molecular flexibility index (Phi) is 8.09. The van der Waals surface area contributed by atoms with Crippen LogP contribution in [0.3, 0.4) is 0 Å². The van der Waals surface area contributed by atoms with Gasteiger partial charge in [-0.15, -0.1) is 0 Å². The average molecular weight is 382 g/mol. The number of hydrogen-bond acceptors (Lipinski definition) is 4. The van der Waals surface area contributed by atoms with Crippen LogP contribution in [-0.2, 0) is 4.79 Å². The van der Waals surface area contributed by atoms with Crippen LogP contribution >= 0.6 is 0 Å². The minimum absolute atomic E-state index is 0.164. The van der Waals surface area contributed by atoms with Gasteiger partial charge in [-0.25, -0.2) is 0 Å². The molecule has 0 aliphatic rings. The molecule has 0 bridgehead atoms. The monoisotopic (exact) mass is 382 g/mol. The van der Waals surface area contributed by atoms with Gasteiger partial charge < -0.3 is 20.1 Å². The highest BCUT2D eigenvalue weighted by Crippen LogP contribution is 2.18. The summed E-state index contributed by atoms with van der Waals surface area (Å²) >= 11 is 0. The van der Waals surface area contributed by atoms with Gasteiger partial charge in [-0.05, 0) is 42.3 Å². The van der Waals surface area contributed by atoms with E-state index in [4.69, 9.17) is 9.47 Å². The quantitative estimate of drug-likeness (QED) is 0.515. The van der Waals surface area contributed by atoms with Gasteiger partial charge in [-0.1, -0.05) is 37.6 Å². The molecular formula is C22H26N2O4. The number of hydrogen-bond donors (Lipinski definition) is 2. The van der Waals surface area contributed by atoms with Crippen LogP contribution in [0, 0.1) is 0 Å². The van der Waals surface area contributed by atoms with Crippen molar-refractivity contribution in [2.45, 2.75) is 19.8 Å². The summed E-state index contributed by atoms with van der Waals surface area (Å²) in [7, 11) is 3.09. The Morgan fingerprint density at radius 3 is 2.36 bits per heavy atom. The topological polar surface area (TPSA) is 76.7 Å². The largest absolute Gasteiger partial charge is 0.497 e. The van der Waals surface area contributed by atoms with Gasteiger partial charge >= 0.3 is 0 Å². The summed E-state index contributed by atoms with van der Waals surface area (Å²) < 4.78 is 10.4. The molecule has 0 heterocycles. The molecule has 6 nitrogen and oxygen atoms in total. The van der Waals surface area contributed by atoms with Crippen molar-refractivity contribution >= 4 is 17.9 Å². The second-order valence-corrected chi connectivity index (χ2v) is 6.10. The van der Waals surface area contributed by atoms with Gasteiger partial charge in [0.05, 0.1) is 19.8 Å². The van der Waals surface area contributed by atoms with E-state index in [2.05, 4.69) is 10.6 Å². The van der Waals surface area contributed by atoms with Crippen molar-refractivity contribution in [3.63, 3.8) is 0 Å². The van der Waals surface area contributed by atoms with E-state index in [-0.39, 0.29) is 11.6 Å². The van der Waals surface area contributed by atoms with Crippen LogP contribution in [0.2, 0.25) is 0 Å². The molecule has 0 fully saturated rings. The Labute approximate surface area is 165 Å². The second-order valence-electron chi connectivity index (χ2n) is 6.10. The summed E-state index contributed by atoms with van der Waals surface area (Å²) in [6, 6.07) is 14.1. The van der Waals surface area contributed by atoms with Gasteiger partial charge in [0.1, 0.15) is 17.2 Å². The number of nitrogens with one attached hydrogen (secondary N) is 2. The Balaban J connectivity index is 2.27. The minimum atomic E-state index is -0.414. The highest BCUT2D eigenvalue weighted by atomic mass is 16.5. The van der Waals surface area contributed by atoms with E-state index in [0.717, 1.165) is 18.4 Å². The Morgan fingerprint density at radius 2 is 1.71 bits per heavy atom. The summed E-state index contributed by atoms with van der Waals surface area (Å²) in [4.78, 5) is 25.3. The molecule has 0 aliphatic carbocycles. The van der Waals surface area contributed by atoms with Gasteiger partial charge in [0.15, 0.2) is 0 Å². The zero-order valence-electron chi connectivity index (χ0n) is 16.5. The Bertz CT molecular complexity index is 829. The maximum Gasteiger partial charge on any atom is 0.267 e. The van der Waals surface area contributed by atoms with Crippen LogP contribution in [0.4, 0.5) is 0 Å². The van der Waals surface area contributed by atoms with Crippen molar-refractivity contribution in [2.75, 3.05) is 20.8 Å². The first kappa shape index (κ1) is 21.0. The number of methoxy groups -OCH3 is 2. The number of para-hydroxylation sites is 1. The number of unbranched alkanes of at least 4 members (excludes halogenated alkanes) is 1. The van der Waals surface area contributed by atoms with E-state index < -0.39 is 5.91 Å². The lowest BCUT2D eigenvalue weighted by atomic mass is 10.1. The third kappa shape index (κ3) is 5.87. The van der Waals surface area contributed by atoms with E-state index in [1.165, 1.54) is 7.11 Å². The molecule has 2 aromatic rings. The molecule has 0 spiro atoms. The third-order valence-electron chi connectivity index (χ3n) is 4.09. The fraction of sp³-hybridized carbons (Fsp3) is 0.273. The highest BCUT2D eigenvalue weighted by molar-refractivity contribution is 6.06. The molecule has 2 aromatic carbocycles. The van der Waals surface area contributed by atoms with Gasteiger partial charge in [-0.3, -0.25) is 9.59 Å². The van der Waals surface area contributed by atoms with Crippen molar-refractivity contribution in [3.05, 3.63) is 65.4 Å². The molecule has 0 saturated heterocycles. The smallest absolute Gasteiger partial charge is 0.267 e. The van der Waals surface area contributed by atoms with Crippen molar-refractivity contribution in [3.8, 4) is 11.5 Å². The molecule has 148 valence electrons. The van der Waals surface area contributed by atoms with Crippen molar-refractivity contribution in [1.29, 1.82) is 0 Å². The first-order valence-corrected chi connectivity index (χ1v) is 9.17. The minimum Gasteiger partial charge on any atom is -0.497 e. The number of carbonyl (C=O) groups is 2. The van der Waals surface area contributed by atoms with Gasteiger partial charge in [0.2, 0.25) is 0 Å². The van der Waals surface area contributed by atoms with Crippen LogP contribution in [-0.4, -0.2) is 32.6 Å². The lowest BCUT2D eigenvalue weighted by molar-refractivity contribution is -0.117. The third-order valence-corrected chi connectivity index (χ3v) is 4.09. The standard InChI is InChI=1S/C22H26N2O4/c1-4-5-14-23-22(26)19(15-16-10-12-17(27-2)13-11-16)24-21(25)18-8-6-7-9-20(18)28-3/h6-13,15H,4-5,14H2,1-3H3,(H,23,26)(H,24,25)/b19-15-. The number of amides is 2. The average Bonchev–Trinajstić information content (AvgIpc) is 2.73. The van der Waals surface area contributed by atoms with Crippen LogP contribution in [0.1, 0.15) is 35.7 Å². The van der Waals surface area contributed by atoms with E-state index in [9.17, 15) is 9.59 Å². The number of carbonyl (C=O) groups excluding carboxylic acids is 2. The summed E-state index contributed by atoms with van der Waals surface area (Å²) in [5, 5.41) is 5.54. The molecule has 2 amide bonds. The molecule has 6 heteroatoms. The van der Waals surface area contributed by atoms with E-state index in [1.807, 2.05) is 19.1 Å². The number of benzene rings is 2. The molecule has 0 aromatic heterocycles. The van der Waals surface area contributed by atoms with E-state index >= 15 is 0 Å². The normalized spacial score (nSPS) is 10.9. The SMILES string of the molecule is CCCCNC(=O)/C(=C/c1ccc(OC)cc1)NC(=O)c1ccccc1OC. The molecule has 0 aliphatic heterocycles. The number of ether oxygens (including phenoxy) is 2. The summed E-state index contributed by atoms with van der Waals surface area (Å²) in [6.07, 6.45) is 3.46. The summed E-state index contributed by atoms with van der Waals surface area (Å²) in [5.74, 6) is 0.398. The fourth-order valence-electron chi connectivity index (χ4n) is 2.52. The van der Waals surface area contributed by atoms with Crippen molar-refractivity contribution in [2.24, 2.45) is 0 Å². The lowest BCUT2D eigenvalue weighted by Gasteiger charge is -2.13. The van der Waals surface area contributed by atoms with Crippen molar-refractivity contribution in [1.82, 2.24) is 10.6 Å². The maximum atomic E-state index is 12.7. The number of rotatable bonds is 9. The predicted molar refractivity (Wildman–Crippen MR) is 109 cm³/mol. The van der Waals surface area contributed by atoms with E-state index in [1.54, 1.807) is 49.6 Å². The zero-order chi connectivity index (χ0) is 20.4. The molecular weight excluding hydrogens is 356 g/mol. The zero-order valence-corrected chi connectivity index (χ0v) is 16.5. The first-order chi connectivity index (χ1) is 13.6. The maximum absolute atomic E-state index is 12.7. The van der Waals surface area contributed by atoms with Gasteiger partial charge in [0, 0.05) is 6.54 Å².